The van der Waals surface area contributed by atoms with E-state index in [1.165, 1.54) is 0 Å². The Morgan fingerprint density at radius 3 is 1.74 bits per heavy atom. The standard InChI is InChI=1S/C26H34O8Si/c1-26(2,3)35(4,5)34-21-20(32-23(28)17-12-8-6-9-13-17)19(16-27)31-25(30)22(21)33-24(29)18-14-10-7-11-15-18/h6-15,19-22,25,27,30H,16H2,1-5H3/t19-,20-,21+,22+,25+/m1/s1. The molecule has 0 aromatic heterocycles. The molecule has 0 amide bonds. The van der Waals surface area contributed by atoms with Gasteiger partial charge >= 0.3 is 11.9 Å². The van der Waals surface area contributed by atoms with Crippen molar-refractivity contribution in [1.29, 1.82) is 0 Å². The van der Waals surface area contributed by atoms with Gasteiger partial charge in [0.05, 0.1) is 17.7 Å². The van der Waals surface area contributed by atoms with Crippen LogP contribution in [0.5, 0.6) is 0 Å². The number of carbonyl (C=O) groups is 2. The number of aliphatic hydroxyl groups is 2. The summed E-state index contributed by atoms with van der Waals surface area (Å²) in [5.74, 6) is -1.33. The molecule has 1 heterocycles. The third-order valence-electron chi connectivity index (χ3n) is 6.53. The fraction of sp³-hybridized carbons (Fsp3) is 0.462. The quantitative estimate of drug-likeness (QED) is 0.437. The molecule has 2 N–H and O–H groups in total. The van der Waals surface area contributed by atoms with E-state index in [4.69, 9.17) is 18.6 Å². The van der Waals surface area contributed by atoms with E-state index >= 15 is 0 Å². The summed E-state index contributed by atoms with van der Waals surface area (Å²) >= 11 is 0. The van der Waals surface area contributed by atoms with Crippen LogP contribution in [0, 0.1) is 0 Å². The van der Waals surface area contributed by atoms with Crippen LogP contribution in [0.2, 0.25) is 18.1 Å². The first-order chi connectivity index (χ1) is 16.4. The fourth-order valence-electron chi connectivity index (χ4n) is 3.49. The first kappa shape index (κ1) is 27.0. The Kier molecular flexibility index (Phi) is 8.50. The lowest BCUT2D eigenvalue weighted by molar-refractivity contribution is -0.282. The molecule has 2 aromatic carbocycles. The van der Waals surface area contributed by atoms with Gasteiger partial charge < -0.3 is 28.8 Å². The molecule has 0 aliphatic carbocycles. The molecule has 2 aromatic rings. The molecule has 1 fully saturated rings. The minimum atomic E-state index is -2.54. The molecule has 5 atom stereocenters. The van der Waals surface area contributed by atoms with Gasteiger partial charge in [0.2, 0.25) is 0 Å². The molecule has 1 aliphatic rings. The Bertz CT molecular complexity index is 989. The van der Waals surface area contributed by atoms with Crippen LogP contribution >= 0.6 is 0 Å². The van der Waals surface area contributed by atoms with Gasteiger partial charge in [0.1, 0.15) is 12.2 Å². The Balaban J connectivity index is 1.98. The highest BCUT2D eigenvalue weighted by Crippen LogP contribution is 2.40. The van der Waals surface area contributed by atoms with Gasteiger partial charge in [-0.3, -0.25) is 0 Å². The van der Waals surface area contributed by atoms with Crippen molar-refractivity contribution in [2.45, 2.75) is 69.6 Å². The molecule has 0 spiro atoms. The average molecular weight is 503 g/mol. The van der Waals surface area contributed by atoms with Gasteiger partial charge in [0.25, 0.3) is 0 Å². The first-order valence-corrected chi connectivity index (χ1v) is 14.5. The predicted molar refractivity (Wildman–Crippen MR) is 131 cm³/mol. The second kappa shape index (κ2) is 11.0. The molecule has 190 valence electrons. The van der Waals surface area contributed by atoms with Gasteiger partial charge in [0.15, 0.2) is 26.8 Å². The molecular formula is C26H34O8Si. The Hall–Kier alpha value is -2.56. The van der Waals surface area contributed by atoms with Crippen molar-refractivity contribution in [2.24, 2.45) is 0 Å². The van der Waals surface area contributed by atoms with Gasteiger partial charge in [0, 0.05) is 0 Å². The maximum absolute atomic E-state index is 12.9. The summed E-state index contributed by atoms with van der Waals surface area (Å²) in [5, 5.41) is 20.6. The molecule has 3 rings (SSSR count). The van der Waals surface area contributed by atoms with Gasteiger partial charge in [-0.1, -0.05) is 57.2 Å². The van der Waals surface area contributed by atoms with Gasteiger partial charge in [-0.2, -0.15) is 0 Å². The Labute approximate surface area is 206 Å². The lowest BCUT2D eigenvalue weighted by atomic mass is 9.98. The van der Waals surface area contributed by atoms with Gasteiger partial charge in [-0.05, 0) is 42.4 Å². The van der Waals surface area contributed by atoms with Crippen LogP contribution in [0.25, 0.3) is 0 Å². The van der Waals surface area contributed by atoms with Crippen LogP contribution in [-0.2, 0) is 18.6 Å². The van der Waals surface area contributed by atoms with Gasteiger partial charge in [-0.25, -0.2) is 9.59 Å². The van der Waals surface area contributed by atoms with E-state index in [2.05, 4.69) is 0 Å². The summed E-state index contributed by atoms with van der Waals surface area (Å²) in [6, 6.07) is 16.7. The number of ether oxygens (including phenoxy) is 3. The lowest BCUT2D eigenvalue weighted by Crippen LogP contribution is -2.64. The second-order valence-electron chi connectivity index (χ2n) is 10.1. The largest absolute Gasteiger partial charge is 0.453 e. The van der Waals surface area contributed by atoms with E-state index in [1.807, 2.05) is 33.9 Å². The van der Waals surface area contributed by atoms with E-state index in [0.717, 1.165) is 0 Å². The maximum Gasteiger partial charge on any atom is 0.338 e. The zero-order valence-electron chi connectivity index (χ0n) is 20.7. The third kappa shape index (κ3) is 6.36. The van der Waals surface area contributed by atoms with E-state index in [1.54, 1.807) is 60.7 Å². The summed E-state index contributed by atoms with van der Waals surface area (Å²) in [6.45, 7) is 9.56. The van der Waals surface area contributed by atoms with Crippen LogP contribution in [0.15, 0.2) is 60.7 Å². The monoisotopic (exact) mass is 502 g/mol. The highest BCUT2D eigenvalue weighted by Gasteiger charge is 2.53. The lowest BCUT2D eigenvalue weighted by Gasteiger charge is -2.48. The average Bonchev–Trinajstić information content (AvgIpc) is 2.82. The van der Waals surface area contributed by atoms with Crippen LogP contribution in [0.4, 0.5) is 0 Å². The minimum absolute atomic E-state index is 0.243. The van der Waals surface area contributed by atoms with Crippen molar-refractivity contribution in [3.8, 4) is 0 Å². The highest BCUT2D eigenvalue weighted by molar-refractivity contribution is 6.74. The zero-order valence-corrected chi connectivity index (χ0v) is 21.7. The summed E-state index contributed by atoms with van der Waals surface area (Å²) in [5.41, 5.74) is 0.590. The molecule has 0 bridgehead atoms. The molecule has 35 heavy (non-hydrogen) atoms. The normalized spacial score (nSPS) is 25.1. The number of esters is 2. The van der Waals surface area contributed by atoms with Crippen LogP contribution in [0.1, 0.15) is 41.5 Å². The molecular weight excluding hydrogens is 468 g/mol. The summed E-state index contributed by atoms with van der Waals surface area (Å²) < 4.78 is 23.6. The van der Waals surface area contributed by atoms with E-state index < -0.39 is 57.6 Å². The molecule has 0 radical (unpaired) electrons. The van der Waals surface area contributed by atoms with Crippen LogP contribution in [-0.4, -0.2) is 67.8 Å². The van der Waals surface area contributed by atoms with Crippen molar-refractivity contribution < 1.29 is 38.4 Å². The Morgan fingerprint density at radius 1 is 0.857 bits per heavy atom. The smallest absolute Gasteiger partial charge is 0.338 e. The highest BCUT2D eigenvalue weighted by atomic mass is 28.4. The number of rotatable bonds is 7. The number of hydrogen-bond acceptors (Lipinski definition) is 8. The fourth-order valence-corrected chi connectivity index (χ4v) is 4.79. The molecule has 0 saturated carbocycles. The molecule has 8 nitrogen and oxygen atoms in total. The molecule has 9 heteroatoms. The molecule has 1 saturated heterocycles. The number of hydrogen-bond donors (Lipinski definition) is 2. The summed E-state index contributed by atoms with van der Waals surface area (Å²) in [4.78, 5) is 25.8. The van der Waals surface area contributed by atoms with E-state index in [-0.39, 0.29) is 10.6 Å². The van der Waals surface area contributed by atoms with Crippen molar-refractivity contribution in [3.05, 3.63) is 71.8 Å². The SMILES string of the molecule is CC(C)(C)[Si](C)(C)O[C@@H]1[C@H](OC(=O)c2ccccc2)[C@@H](O)O[C@H](CO)[C@H]1OC(=O)c1ccccc1. The third-order valence-corrected chi connectivity index (χ3v) is 11.0. The van der Waals surface area contributed by atoms with Crippen molar-refractivity contribution in [3.63, 3.8) is 0 Å². The predicted octanol–water partition coefficient (Wildman–Crippen LogP) is 3.54. The van der Waals surface area contributed by atoms with Crippen LogP contribution in [0.3, 0.4) is 0 Å². The maximum atomic E-state index is 12.9. The molecule has 1 aliphatic heterocycles. The zero-order chi connectivity index (χ0) is 25.8. The van der Waals surface area contributed by atoms with Crippen molar-refractivity contribution in [2.75, 3.05) is 6.61 Å². The minimum Gasteiger partial charge on any atom is -0.453 e. The van der Waals surface area contributed by atoms with Crippen molar-refractivity contribution >= 4 is 20.3 Å². The topological polar surface area (TPSA) is 112 Å². The number of carbonyl (C=O) groups excluding carboxylic acids is 2. The van der Waals surface area contributed by atoms with Gasteiger partial charge in [-0.15, -0.1) is 0 Å². The van der Waals surface area contributed by atoms with E-state index in [9.17, 15) is 19.8 Å². The first-order valence-electron chi connectivity index (χ1n) is 11.6. The summed E-state index contributed by atoms with van der Waals surface area (Å²) in [7, 11) is -2.54. The van der Waals surface area contributed by atoms with Crippen molar-refractivity contribution in [1.82, 2.24) is 0 Å². The van der Waals surface area contributed by atoms with Crippen LogP contribution < -0.4 is 0 Å². The second-order valence-corrected chi connectivity index (χ2v) is 14.8. The molecule has 0 unspecified atom stereocenters. The Morgan fingerprint density at radius 2 is 1.31 bits per heavy atom. The number of benzene rings is 2. The van der Waals surface area contributed by atoms with E-state index in [0.29, 0.717) is 5.56 Å². The number of aliphatic hydroxyl groups excluding tert-OH is 2. The summed E-state index contributed by atoms with van der Waals surface area (Å²) in [6.07, 6.45) is -6.19.